The molecule has 0 aromatic heterocycles. The van der Waals surface area contributed by atoms with Gasteiger partial charge in [-0.15, -0.1) is 0 Å². The zero-order valence-electron chi connectivity index (χ0n) is 16.7. The highest BCUT2D eigenvalue weighted by atomic mass is 16.7. The van der Waals surface area contributed by atoms with Crippen LogP contribution in [0.5, 0.6) is 0 Å². The third kappa shape index (κ3) is 3.95. The van der Waals surface area contributed by atoms with Gasteiger partial charge in [-0.05, 0) is 70.4 Å². The lowest BCUT2D eigenvalue weighted by Crippen LogP contribution is -2.41. The summed E-state index contributed by atoms with van der Waals surface area (Å²) in [7, 11) is 2.75. The Hall–Kier alpha value is -1.83. The van der Waals surface area contributed by atoms with Gasteiger partial charge in [0.1, 0.15) is 0 Å². The van der Waals surface area contributed by atoms with Crippen LogP contribution < -0.4 is 11.1 Å². The van der Waals surface area contributed by atoms with Gasteiger partial charge in [-0.3, -0.25) is 0 Å². The first-order chi connectivity index (χ1) is 12.0. The van der Waals surface area contributed by atoms with E-state index in [0.29, 0.717) is 23.4 Å². The largest absolute Gasteiger partial charge is 0.491 e. The van der Waals surface area contributed by atoms with Gasteiger partial charge in [-0.2, -0.15) is 0 Å². The smallest absolute Gasteiger partial charge is 0.465 e. The summed E-state index contributed by atoms with van der Waals surface area (Å²) in [6.45, 7) is 10.5. The Kier molecular flexibility index (Phi) is 5.85. The second-order valence-electron chi connectivity index (χ2n) is 7.61. The molecule has 1 fully saturated rings. The van der Waals surface area contributed by atoms with E-state index in [9.17, 15) is 4.79 Å². The molecule has 1 heterocycles. The number of anilines is 1. The summed E-state index contributed by atoms with van der Waals surface area (Å²) in [5, 5.41) is 3.14. The SMILES string of the molecule is CNCC(=Cc1cc(N)c(C)c(C(=O)OC)c1)B1OC(C)(C)C(C)(C)O1. The molecule has 0 unspecified atom stereocenters. The van der Waals surface area contributed by atoms with Crippen LogP contribution in [0.3, 0.4) is 0 Å². The Morgan fingerprint density at radius 3 is 2.35 bits per heavy atom. The number of rotatable bonds is 5. The molecule has 0 spiro atoms. The fraction of sp³-hybridized carbons (Fsp3) is 0.526. The zero-order chi connectivity index (χ0) is 19.7. The number of carbonyl (C=O) groups excluding carboxylic acids is 1. The molecular weight excluding hydrogens is 331 g/mol. The fourth-order valence-corrected chi connectivity index (χ4v) is 2.78. The lowest BCUT2D eigenvalue weighted by atomic mass is 9.77. The Balaban J connectivity index is 2.44. The highest BCUT2D eigenvalue weighted by Crippen LogP contribution is 2.38. The van der Waals surface area contributed by atoms with E-state index in [1.807, 2.05) is 46.9 Å². The van der Waals surface area contributed by atoms with Crippen molar-refractivity contribution in [2.75, 3.05) is 26.4 Å². The topological polar surface area (TPSA) is 82.8 Å². The number of hydrogen-bond donors (Lipinski definition) is 2. The molecule has 3 N–H and O–H groups in total. The third-order valence-electron chi connectivity index (χ3n) is 5.16. The minimum Gasteiger partial charge on any atom is -0.465 e. The minimum atomic E-state index is -0.475. The standard InChI is InChI=1S/C19H29BN2O4/c1-12-15(17(23)24-7)9-13(10-16(12)21)8-14(11-22-6)20-25-18(2,3)19(4,5)26-20/h8-10,22H,11,21H2,1-7H3. The molecule has 142 valence electrons. The van der Waals surface area contributed by atoms with Crippen molar-refractivity contribution >= 4 is 24.9 Å². The molecule has 0 radical (unpaired) electrons. The molecule has 0 bridgehead atoms. The van der Waals surface area contributed by atoms with E-state index in [2.05, 4.69) is 5.32 Å². The Bertz CT molecular complexity index is 712. The van der Waals surface area contributed by atoms with Crippen molar-refractivity contribution < 1.29 is 18.8 Å². The summed E-state index contributed by atoms with van der Waals surface area (Å²) >= 11 is 0. The summed E-state index contributed by atoms with van der Waals surface area (Å²) < 4.78 is 17.2. The molecule has 0 saturated carbocycles. The van der Waals surface area contributed by atoms with E-state index >= 15 is 0 Å². The van der Waals surface area contributed by atoms with Gasteiger partial charge in [0.2, 0.25) is 0 Å². The average Bonchev–Trinajstić information content (AvgIpc) is 2.77. The van der Waals surface area contributed by atoms with E-state index < -0.39 is 24.3 Å². The van der Waals surface area contributed by atoms with Crippen molar-refractivity contribution in [2.45, 2.75) is 45.8 Å². The average molecular weight is 360 g/mol. The van der Waals surface area contributed by atoms with Gasteiger partial charge in [0.25, 0.3) is 0 Å². The molecule has 2 rings (SSSR count). The van der Waals surface area contributed by atoms with Crippen LogP contribution in [0.15, 0.2) is 17.6 Å². The van der Waals surface area contributed by atoms with Crippen LogP contribution in [0, 0.1) is 6.92 Å². The van der Waals surface area contributed by atoms with Gasteiger partial charge in [0, 0.05) is 12.2 Å². The molecule has 0 amide bonds. The quantitative estimate of drug-likeness (QED) is 0.477. The van der Waals surface area contributed by atoms with E-state index in [1.165, 1.54) is 7.11 Å². The first-order valence-electron chi connectivity index (χ1n) is 8.71. The molecule has 6 nitrogen and oxygen atoms in total. The maximum Gasteiger partial charge on any atom is 0.491 e. The number of benzene rings is 1. The number of ether oxygens (including phenoxy) is 1. The Morgan fingerprint density at radius 1 is 1.27 bits per heavy atom. The van der Waals surface area contributed by atoms with Gasteiger partial charge in [0.15, 0.2) is 0 Å². The van der Waals surface area contributed by atoms with E-state index in [0.717, 1.165) is 11.0 Å². The van der Waals surface area contributed by atoms with Crippen LogP contribution in [0.25, 0.3) is 6.08 Å². The normalized spacial score (nSPS) is 18.9. The second-order valence-corrected chi connectivity index (χ2v) is 7.61. The minimum absolute atomic E-state index is 0.407. The number of methoxy groups -OCH3 is 1. The lowest BCUT2D eigenvalue weighted by molar-refractivity contribution is 0.00578. The zero-order valence-corrected chi connectivity index (χ0v) is 16.7. The predicted molar refractivity (Wildman–Crippen MR) is 105 cm³/mol. The van der Waals surface area contributed by atoms with Gasteiger partial charge < -0.3 is 25.1 Å². The summed E-state index contributed by atoms with van der Waals surface area (Å²) in [6, 6.07) is 3.61. The van der Waals surface area contributed by atoms with E-state index in [-0.39, 0.29) is 0 Å². The van der Waals surface area contributed by atoms with Crippen molar-refractivity contribution in [3.63, 3.8) is 0 Å². The molecule has 0 aliphatic carbocycles. The number of nitrogens with one attached hydrogen (secondary N) is 1. The maximum atomic E-state index is 12.0. The number of nitrogens with two attached hydrogens (primary N) is 1. The maximum absolute atomic E-state index is 12.0. The van der Waals surface area contributed by atoms with E-state index in [1.54, 1.807) is 13.0 Å². The van der Waals surface area contributed by atoms with Crippen molar-refractivity contribution in [1.82, 2.24) is 5.32 Å². The summed E-state index contributed by atoms with van der Waals surface area (Å²) in [6.07, 6.45) is 1.95. The predicted octanol–water partition coefficient (Wildman–Crippen LogP) is 2.60. The Morgan fingerprint density at radius 2 is 1.85 bits per heavy atom. The van der Waals surface area contributed by atoms with Crippen molar-refractivity contribution in [1.29, 1.82) is 0 Å². The molecule has 1 aromatic rings. The number of hydrogen-bond acceptors (Lipinski definition) is 6. The monoisotopic (exact) mass is 360 g/mol. The first-order valence-corrected chi connectivity index (χ1v) is 8.71. The van der Waals surface area contributed by atoms with Crippen LogP contribution in [0.1, 0.15) is 49.2 Å². The molecule has 7 heteroatoms. The fourth-order valence-electron chi connectivity index (χ4n) is 2.78. The van der Waals surface area contributed by atoms with Crippen LogP contribution >= 0.6 is 0 Å². The highest BCUT2D eigenvalue weighted by Gasteiger charge is 2.52. The van der Waals surface area contributed by atoms with Gasteiger partial charge in [-0.1, -0.05) is 6.08 Å². The van der Waals surface area contributed by atoms with E-state index in [4.69, 9.17) is 19.8 Å². The number of esters is 1. The number of carbonyl (C=O) groups is 1. The summed E-state index contributed by atoms with van der Waals surface area (Å²) in [5.41, 5.74) is 8.67. The molecular formula is C19H29BN2O4. The van der Waals surface area contributed by atoms with Crippen molar-refractivity contribution in [3.05, 3.63) is 34.3 Å². The van der Waals surface area contributed by atoms with Crippen LogP contribution in [0.2, 0.25) is 0 Å². The molecule has 1 aliphatic heterocycles. The molecule has 0 atom stereocenters. The summed E-state index contributed by atoms with van der Waals surface area (Å²) in [5.74, 6) is -0.407. The third-order valence-corrected chi connectivity index (χ3v) is 5.16. The van der Waals surface area contributed by atoms with Crippen molar-refractivity contribution in [3.8, 4) is 0 Å². The van der Waals surface area contributed by atoms with Gasteiger partial charge in [-0.25, -0.2) is 4.79 Å². The Labute approximate surface area is 156 Å². The second kappa shape index (κ2) is 7.43. The summed E-state index contributed by atoms with van der Waals surface area (Å²) in [4.78, 5) is 12.0. The van der Waals surface area contributed by atoms with Crippen LogP contribution in [0.4, 0.5) is 5.69 Å². The van der Waals surface area contributed by atoms with Crippen LogP contribution in [-0.4, -0.2) is 45.0 Å². The lowest BCUT2D eigenvalue weighted by Gasteiger charge is -2.32. The van der Waals surface area contributed by atoms with Gasteiger partial charge >= 0.3 is 13.1 Å². The highest BCUT2D eigenvalue weighted by molar-refractivity contribution is 6.55. The van der Waals surface area contributed by atoms with Gasteiger partial charge in [0.05, 0.1) is 23.9 Å². The van der Waals surface area contributed by atoms with Crippen LogP contribution in [-0.2, 0) is 14.0 Å². The molecule has 26 heavy (non-hydrogen) atoms. The van der Waals surface area contributed by atoms with Crippen molar-refractivity contribution in [2.24, 2.45) is 0 Å². The molecule has 1 saturated heterocycles. The molecule has 1 aliphatic rings. The first kappa shape index (κ1) is 20.5. The number of nitrogen functional groups attached to an aromatic ring is 1. The molecule has 1 aromatic carbocycles. The number of likely N-dealkylation sites (N-methyl/N-ethyl adjacent to an activating group) is 1.